The molecule has 3 rings (SSSR count). The van der Waals surface area contributed by atoms with Gasteiger partial charge in [0.1, 0.15) is 10.6 Å². The zero-order chi connectivity index (χ0) is 22.4. The average Bonchev–Trinajstić information content (AvgIpc) is 2.75. The Bertz CT molecular complexity index is 1010. The monoisotopic (exact) mass is 474 g/mol. The maximum Gasteiger partial charge on any atom is 0.387 e. The van der Waals surface area contributed by atoms with Gasteiger partial charge in [0.15, 0.2) is 0 Å². The Hall–Kier alpha value is -2.27. The lowest BCUT2D eigenvalue weighted by molar-refractivity contribution is -0.0498. The fourth-order valence-electron chi connectivity index (χ4n) is 3.03. The van der Waals surface area contributed by atoms with E-state index in [-0.39, 0.29) is 40.9 Å². The van der Waals surface area contributed by atoms with Crippen molar-refractivity contribution < 1.29 is 31.5 Å². The van der Waals surface area contributed by atoms with E-state index in [1.54, 1.807) is 12.1 Å². The molecule has 0 bridgehead atoms. The second-order valence-corrected chi connectivity index (χ2v) is 9.00. The van der Waals surface area contributed by atoms with E-state index in [0.29, 0.717) is 19.6 Å². The number of nitrogens with one attached hydrogen (secondary N) is 1. The zero-order valence-corrected chi connectivity index (χ0v) is 18.0. The Morgan fingerprint density at radius 2 is 1.84 bits per heavy atom. The number of amides is 1. The summed E-state index contributed by atoms with van der Waals surface area (Å²) in [5, 5.41) is 2.75. The van der Waals surface area contributed by atoms with Gasteiger partial charge in [0, 0.05) is 25.2 Å². The highest BCUT2D eigenvalue weighted by Gasteiger charge is 2.29. The molecule has 1 amide bonds. The van der Waals surface area contributed by atoms with Gasteiger partial charge in [0.2, 0.25) is 10.0 Å². The Morgan fingerprint density at radius 1 is 1.16 bits per heavy atom. The number of rotatable bonds is 8. The molecular formula is C20H21ClF2N2O5S. The highest BCUT2D eigenvalue weighted by atomic mass is 35.5. The second kappa shape index (κ2) is 10.4. The zero-order valence-electron chi connectivity index (χ0n) is 16.4. The van der Waals surface area contributed by atoms with Crippen molar-refractivity contribution in [3.8, 4) is 5.75 Å². The van der Waals surface area contributed by atoms with E-state index >= 15 is 0 Å². The molecule has 1 aliphatic heterocycles. The van der Waals surface area contributed by atoms with Crippen LogP contribution in [0.15, 0.2) is 47.4 Å². The Kier molecular flexibility index (Phi) is 7.82. The molecule has 1 saturated heterocycles. The van der Waals surface area contributed by atoms with E-state index in [1.165, 1.54) is 34.6 Å². The lowest BCUT2D eigenvalue weighted by Crippen LogP contribution is -2.40. The Balaban J connectivity index is 1.62. The van der Waals surface area contributed by atoms with Crippen molar-refractivity contribution in [1.29, 1.82) is 0 Å². The predicted molar refractivity (Wildman–Crippen MR) is 110 cm³/mol. The fraction of sp³-hybridized carbons (Fsp3) is 0.350. The molecule has 0 unspecified atom stereocenters. The minimum atomic E-state index is -3.85. The van der Waals surface area contributed by atoms with E-state index in [1.807, 2.05) is 0 Å². The topological polar surface area (TPSA) is 84.9 Å². The highest BCUT2D eigenvalue weighted by Crippen LogP contribution is 2.26. The number of benzene rings is 2. The van der Waals surface area contributed by atoms with Crippen LogP contribution in [0.2, 0.25) is 5.02 Å². The van der Waals surface area contributed by atoms with Crippen LogP contribution in [0.5, 0.6) is 5.75 Å². The molecule has 2 aromatic rings. The smallest absolute Gasteiger partial charge is 0.387 e. The molecule has 31 heavy (non-hydrogen) atoms. The molecule has 168 valence electrons. The van der Waals surface area contributed by atoms with Crippen LogP contribution in [0, 0.1) is 0 Å². The molecule has 0 spiro atoms. The molecule has 0 atom stereocenters. The SMILES string of the molecule is O=C(NCCc1ccc(OC(F)F)cc1)c1ccc(Cl)c(S(=O)(=O)N2CCOCC2)c1. The number of hydrogen-bond acceptors (Lipinski definition) is 5. The van der Waals surface area contributed by atoms with Crippen LogP contribution in [-0.4, -0.2) is 58.1 Å². The van der Waals surface area contributed by atoms with Gasteiger partial charge >= 0.3 is 6.61 Å². The Labute approximate surface area is 183 Å². The third-order valence-electron chi connectivity index (χ3n) is 4.63. The number of halogens is 3. The fourth-order valence-corrected chi connectivity index (χ4v) is 4.94. The van der Waals surface area contributed by atoms with Crippen LogP contribution < -0.4 is 10.1 Å². The largest absolute Gasteiger partial charge is 0.435 e. The van der Waals surface area contributed by atoms with Crippen molar-refractivity contribution in [2.75, 3.05) is 32.8 Å². The van der Waals surface area contributed by atoms with Gasteiger partial charge in [-0.15, -0.1) is 0 Å². The maximum absolute atomic E-state index is 12.9. The Morgan fingerprint density at radius 3 is 2.48 bits per heavy atom. The minimum Gasteiger partial charge on any atom is -0.435 e. The quantitative estimate of drug-likeness (QED) is 0.636. The van der Waals surface area contributed by atoms with E-state index in [9.17, 15) is 22.0 Å². The van der Waals surface area contributed by atoms with Gasteiger partial charge in [-0.05, 0) is 42.3 Å². The van der Waals surface area contributed by atoms with Crippen molar-refractivity contribution in [3.05, 3.63) is 58.6 Å². The van der Waals surface area contributed by atoms with Gasteiger partial charge in [-0.2, -0.15) is 13.1 Å². The van der Waals surface area contributed by atoms with Gasteiger partial charge < -0.3 is 14.8 Å². The van der Waals surface area contributed by atoms with E-state index < -0.39 is 22.5 Å². The molecule has 1 heterocycles. The summed E-state index contributed by atoms with van der Waals surface area (Å²) in [6.07, 6.45) is 0.452. The third-order valence-corrected chi connectivity index (χ3v) is 7.01. The molecule has 1 N–H and O–H groups in total. The standard InChI is InChI=1S/C20H21ClF2N2O5S/c21-17-6-3-15(13-18(17)31(27,28)25-9-11-29-12-10-25)19(26)24-8-7-14-1-4-16(5-2-14)30-20(22)23/h1-6,13,20H,7-12H2,(H,24,26). The van der Waals surface area contributed by atoms with Crippen LogP contribution in [0.4, 0.5) is 8.78 Å². The van der Waals surface area contributed by atoms with Crippen LogP contribution >= 0.6 is 11.6 Å². The number of nitrogens with zero attached hydrogens (tertiary/aromatic N) is 1. The molecule has 1 fully saturated rings. The first kappa shape index (κ1) is 23.4. The summed E-state index contributed by atoms with van der Waals surface area (Å²) in [6.45, 7) is -1.59. The highest BCUT2D eigenvalue weighted by molar-refractivity contribution is 7.89. The van der Waals surface area contributed by atoms with Gasteiger partial charge in [-0.1, -0.05) is 23.7 Å². The third kappa shape index (κ3) is 6.13. The van der Waals surface area contributed by atoms with E-state index in [0.717, 1.165) is 5.56 Å². The molecule has 0 radical (unpaired) electrons. The minimum absolute atomic E-state index is 0.0362. The summed E-state index contributed by atoms with van der Waals surface area (Å²) in [4.78, 5) is 12.4. The summed E-state index contributed by atoms with van der Waals surface area (Å²) in [5.74, 6) is -0.397. The van der Waals surface area contributed by atoms with Crippen molar-refractivity contribution in [3.63, 3.8) is 0 Å². The summed E-state index contributed by atoms with van der Waals surface area (Å²) in [6, 6.07) is 10.2. The van der Waals surface area contributed by atoms with Crippen molar-refractivity contribution in [2.24, 2.45) is 0 Å². The maximum atomic E-state index is 12.9. The number of sulfonamides is 1. The first-order chi connectivity index (χ1) is 14.8. The van der Waals surface area contributed by atoms with Crippen molar-refractivity contribution in [1.82, 2.24) is 9.62 Å². The lowest BCUT2D eigenvalue weighted by Gasteiger charge is -2.26. The number of hydrogen-bond donors (Lipinski definition) is 1. The molecule has 11 heteroatoms. The number of alkyl halides is 2. The first-order valence-corrected chi connectivity index (χ1v) is 11.3. The van der Waals surface area contributed by atoms with E-state index in [4.69, 9.17) is 16.3 Å². The van der Waals surface area contributed by atoms with Crippen LogP contribution in [0.3, 0.4) is 0 Å². The van der Waals surface area contributed by atoms with Gasteiger partial charge in [-0.3, -0.25) is 4.79 Å². The average molecular weight is 475 g/mol. The molecule has 0 saturated carbocycles. The van der Waals surface area contributed by atoms with Gasteiger partial charge in [0.05, 0.1) is 18.2 Å². The molecule has 0 aliphatic carbocycles. The van der Waals surface area contributed by atoms with Crippen LogP contribution in [0.25, 0.3) is 0 Å². The molecule has 0 aromatic heterocycles. The summed E-state index contributed by atoms with van der Waals surface area (Å²) in [7, 11) is -3.85. The first-order valence-electron chi connectivity index (χ1n) is 9.47. The van der Waals surface area contributed by atoms with Crippen LogP contribution in [-0.2, 0) is 21.2 Å². The second-order valence-electron chi connectivity index (χ2n) is 6.69. The van der Waals surface area contributed by atoms with Gasteiger partial charge in [0.25, 0.3) is 5.91 Å². The molecule has 1 aliphatic rings. The molecular weight excluding hydrogens is 454 g/mol. The predicted octanol–water partition coefficient (Wildman–Crippen LogP) is 2.93. The van der Waals surface area contributed by atoms with Crippen molar-refractivity contribution >= 4 is 27.5 Å². The summed E-state index contributed by atoms with van der Waals surface area (Å²) in [5.41, 5.74) is 0.977. The number of morpholine rings is 1. The van der Waals surface area contributed by atoms with Gasteiger partial charge in [-0.25, -0.2) is 8.42 Å². The lowest BCUT2D eigenvalue weighted by atomic mass is 10.1. The number of carbonyl (C=O) groups excluding carboxylic acids is 1. The summed E-state index contributed by atoms with van der Waals surface area (Å²) < 4.78 is 60.9. The summed E-state index contributed by atoms with van der Waals surface area (Å²) >= 11 is 6.11. The van der Waals surface area contributed by atoms with Crippen molar-refractivity contribution in [2.45, 2.75) is 17.9 Å². The normalized spacial score (nSPS) is 15.1. The molecule has 2 aromatic carbocycles. The van der Waals surface area contributed by atoms with Crippen LogP contribution in [0.1, 0.15) is 15.9 Å². The van der Waals surface area contributed by atoms with E-state index in [2.05, 4.69) is 10.1 Å². The molecule has 7 nitrogen and oxygen atoms in total. The number of carbonyl (C=O) groups is 1. The number of ether oxygens (including phenoxy) is 2.